The van der Waals surface area contributed by atoms with Crippen molar-refractivity contribution in [1.29, 1.82) is 0 Å². The third-order valence-electron chi connectivity index (χ3n) is 4.76. The second-order valence-corrected chi connectivity index (χ2v) is 6.72. The summed E-state index contributed by atoms with van der Waals surface area (Å²) in [6.45, 7) is 5.28. The topological polar surface area (TPSA) is 29.4 Å². The van der Waals surface area contributed by atoms with Crippen molar-refractivity contribution in [3.8, 4) is 0 Å². The molecule has 0 N–H and O–H groups in total. The van der Waals surface area contributed by atoms with E-state index in [4.69, 9.17) is 0 Å². The van der Waals surface area contributed by atoms with E-state index in [0.29, 0.717) is 12.0 Å². The molecule has 1 aliphatic rings. The Balaban J connectivity index is 2.41. The Kier molecular flexibility index (Phi) is 7.53. The highest BCUT2D eigenvalue weighted by atomic mass is 16.3. The van der Waals surface area contributed by atoms with Gasteiger partial charge in [0.25, 0.3) is 0 Å². The van der Waals surface area contributed by atoms with Gasteiger partial charge in [-0.25, -0.2) is 0 Å². The molecule has 106 valence electrons. The van der Waals surface area contributed by atoms with Crippen molar-refractivity contribution in [2.45, 2.75) is 84.5 Å². The summed E-state index contributed by atoms with van der Waals surface area (Å²) in [6, 6.07) is 0. The van der Waals surface area contributed by atoms with Crippen LogP contribution in [-0.4, -0.2) is 6.54 Å². The summed E-state index contributed by atoms with van der Waals surface area (Å²) in [6.07, 6.45) is 14.6. The Labute approximate surface area is 113 Å². The standard InChI is InChI=1S/C16H31NO/c1-15-9-5-3-7-11-16(2,13-14-17-18)12-8-4-6-10-15/h15H,3-14H2,1-2H3. The minimum absolute atomic E-state index is 0.374. The summed E-state index contributed by atoms with van der Waals surface area (Å²) in [7, 11) is 0. The lowest BCUT2D eigenvalue weighted by molar-refractivity contribution is 0.230. The molecule has 0 saturated heterocycles. The van der Waals surface area contributed by atoms with Crippen LogP contribution in [0.25, 0.3) is 0 Å². The molecule has 0 aliphatic heterocycles. The molecule has 0 amide bonds. The van der Waals surface area contributed by atoms with Crippen LogP contribution in [0.2, 0.25) is 0 Å². The summed E-state index contributed by atoms with van der Waals surface area (Å²) in [5.74, 6) is 0.926. The maximum Gasteiger partial charge on any atom is 0.0816 e. The minimum atomic E-state index is 0.374. The third-order valence-corrected chi connectivity index (χ3v) is 4.76. The van der Waals surface area contributed by atoms with Crippen LogP contribution >= 0.6 is 0 Å². The van der Waals surface area contributed by atoms with Crippen LogP contribution < -0.4 is 0 Å². The molecule has 2 nitrogen and oxygen atoms in total. The molecule has 1 rings (SSSR count). The van der Waals surface area contributed by atoms with Crippen molar-refractivity contribution in [2.75, 3.05) is 6.54 Å². The average molecular weight is 253 g/mol. The van der Waals surface area contributed by atoms with Gasteiger partial charge < -0.3 is 0 Å². The second-order valence-electron chi connectivity index (χ2n) is 6.72. The first-order chi connectivity index (χ1) is 8.66. The Bertz CT molecular complexity index is 213. The van der Waals surface area contributed by atoms with Crippen molar-refractivity contribution in [3.05, 3.63) is 4.91 Å². The molecule has 0 unspecified atom stereocenters. The Morgan fingerprint density at radius 1 is 1.00 bits per heavy atom. The van der Waals surface area contributed by atoms with Crippen LogP contribution in [0.3, 0.4) is 0 Å². The van der Waals surface area contributed by atoms with Gasteiger partial charge in [0.2, 0.25) is 0 Å². The quantitative estimate of drug-likeness (QED) is 0.593. The largest absolute Gasteiger partial charge is 0.151 e. The summed E-state index contributed by atoms with van der Waals surface area (Å²) in [4.78, 5) is 10.4. The van der Waals surface area contributed by atoms with Gasteiger partial charge in [-0.05, 0) is 30.6 Å². The zero-order chi connectivity index (χ0) is 13.3. The van der Waals surface area contributed by atoms with Crippen molar-refractivity contribution >= 4 is 0 Å². The molecule has 1 fully saturated rings. The molecule has 0 spiro atoms. The lowest BCUT2D eigenvalue weighted by Gasteiger charge is -2.29. The van der Waals surface area contributed by atoms with Crippen molar-refractivity contribution in [1.82, 2.24) is 0 Å². The van der Waals surface area contributed by atoms with Gasteiger partial charge in [0.15, 0.2) is 0 Å². The molecule has 0 aromatic rings. The fourth-order valence-electron chi connectivity index (χ4n) is 3.28. The minimum Gasteiger partial charge on any atom is -0.151 e. The smallest absolute Gasteiger partial charge is 0.0816 e. The van der Waals surface area contributed by atoms with Gasteiger partial charge in [-0.15, -0.1) is 0 Å². The average Bonchev–Trinajstić information content (AvgIpc) is 2.34. The predicted octanol–water partition coefficient (Wildman–Crippen LogP) is 5.70. The molecule has 1 saturated carbocycles. The lowest BCUT2D eigenvalue weighted by atomic mass is 9.76. The SMILES string of the molecule is CC1CCCCCC(C)(CCN=O)CCCCC1. The van der Waals surface area contributed by atoms with E-state index in [0.717, 1.165) is 12.3 Å². The molecule has 0 radical (unpaired) electrons. The van der Waals surface area contributed by atoms with Gasteiger partial charge in [0.1, 0.15) is 0 Å². The highest BCUT2D eigenvalue weighted by molar-refractivity contribution is 4.76. The molecule has 2 heteroatoms. The van der Waals surface area contributed by atoms with Crippen molar-refractivity contribution in [2.24, 2.45) is 16.5 Å². The van der Waals surface area contributed by atoms with Crippen LogP contribution in [0.1, 0.15) is 84.5 Å². The normalized spacial score (nSPS) is 32.2. The van der Waals surface area contributed by atoms with Gasteiger partial charge in [-0.1, -0.05) is 70.4 Å². The Morgan fingerprint density at radius 2 is 1.56 bits per heavy atom. The molecule has 0 atom stereocenters. The lowest BCUT2D eigenvalue weighted by Crippen LogP contribution is -2.18. The van der Waals surface area contributed by atoms with Gasteiger partial charge in [0, 0.05) is 0 Å². The second kappa shape index (κ2) is 8.66. The van der Waals surface area contributed by atoms with Crippen LogP contribution in [-0.2, 0) is 0 Å². The zero-order valence-electron chi connectivity index (χ0n) is 12.4. The van der Waals surface area contributed by atoms with Crippen molar-refractivity contribution < 1.29 is 0 Å². The molecule has 18 heavy (non-hydrogen) atoms. The molecule has 1 aliphatic carbocycles. The number of rotatable bonds is 3. The third kappa shape index (κ3) is 6.51. The van der Waals surface area contributed by atoms with E-state index in [-0.39, 0.29) is 0 Å². The van der Waals surface area contributed by atoms with E-state index in [9.17, 15) is 4.91 Å². The summed E-state index contributed by atoms with van der Waals surface area (Å²) in [5, 5.41) is 3.06. The maximum atomic E-state index is 10.4. The number of nitrogens with zero attached hydrogens (tertiary/aromatic N) is 1. The van der Waals surface area contributed by atoms with E-state index < -0.39 is 0 Å². The van der Waals surface area contributed by atoms with E-state index >= 15 is 0 Å². The molecule has 0 bridgehead atoms. The molecular formula is C16H31NO. The highest BCUT2D eigenvalue weighted by Crippen LogP contribution is 2.35. The number of hydrogen-bond donors (Lipinski definition) is 0. The Morgan fingerprint density at radius 3 is 2.06 bits per heavy atom. The molecular weight excluding hydrogens is 222 g/mol. The predicted molar refractivity (Wildman–Crippen MR) is 78.7 cm³/mol. The van der Waals surface area contributed by atoms with E-state index in [2.05, 4.69) is 19.0 Å². The van der Waals surface area contributed by atoms with Gasteiger partial charge in [-0.2, -0.15) is 4.91 Å². The number of hydrogen-bond acceptors (Lipinski definition) is 2. The van der Waals surface area contributed by atoms with Gasteiger partial charge in [-0.3, -0.25) is 0 Å². The van der Waals surface area contributed by atoms with Crippen LogP contribution in [0.4, 0.5) is 0 Å². The fourth-order valence-corrected chi connectivity index (χ4v) is 3.28. The van der Waals surface area contributed by atoms with E-state index in [1.807, 2.05) is 0 Å². The first-order valence-electron chi connectivity index (χ1n) is 7.95. The van der Waals surface area contributed by atoms with Gasteiger partial charge >= 0.3 is 0 Å². The van der Waals surface area contributed by atoms with Crippen LogP contribution in [0.5, 0.6) is 0 Å². The highest BCUT2D eigenvalue weighted by Gasteiger charge is 2.23. The van der Waals surface area contributed by atoms with Crippen LogP contribution in [0, 0.1) is 16.2 Å². The zero-order valence-corrected chi connectivity index (χ0v) is 12.4. The number of nitroso groups, excluding NO2 is 1. The monoisotopic (exact) mass is 253 g/mol. The first kappa shape index (κ1) is 15.7. The van der Waals surface area contributed by atoms with E-state index in [1.165, 1.54) is 64.2 Å². The first-order valence-corrected chi connectivity index (χ1v) is 7.95. The summed E-state index contributed by atoms with van der Waals surface area (Å²) in [5.41, 5.74) is 0.374. The Hall–Kier alpha value is -0.400. The molecule has 0 heterocycles. The molecule has 0 aromatic heterocycles. The van der Waals surface area contributed by atoms with Crippen LogP contribution in [0.15, 0.2) is 5.18 Å². The van der Waals surface area contributed by atoms with E-state index in [1.54, 1.807) is 0 Å². The summed E-state index contributed by atoms with van der Waals surface area (Å²) < 4.78 is 0. The molecule has 0 aromatic carbocycles. The maximum absolute atomic E-state index is 10.4. The fraction of sp³-hybridized carbons (Fsp3) is 1.00. The van der Waals surface area contributed by atoms with Crippen molar-refractivity contribution in [3.63, 3.8) is 0 Å². The summed E-state index contributed by atoms with van der Waals surface area (Å²) >= 11 is 0. The van der Waals surface area contributed by atoms with Gasteiger partial charge in [0.05, 0.1) is 6.54 Å².